The Morgan fingerprint density at radius 2 is 0.600 bits per heavy atom. The monoisotopic (exact) mass is 296 g/mol. The van der Waals surface area contributed by atoms with Crippen molar-refractivity contribution in [3.05, 3.63) is 0 Å². The van der Waals surface area contributed by atoms with Crippen LogP contribution in [0, 0.1) is 0 Å². The van der Waals surface area contributed by atoms with Gasteiger partial charge in [0.05, 0.1) is 0 Å². The number of rotatable bonds is 0. The van der Waals surface area contributed by atoms with Crippen LogP contribution >= 0.6 is 0 Å². The summed E-state index contributed by atoms with van der Waals surface area (Å²) in [6, 6.07) is 0. The quantitative estimate of drug-likeness (QED) is 0.552. The van der Waals surface area contributed by atoms with E-state index < -0.39 is 0 Å². The van der Waals surface area contributed by atoms with Crippen LogP contribution in [-0.4, -0.2) is 0 Å². The second-order valence-corrected chi connectivity index (χ2v) is 0. The molecule has 0 aliphatic rings. The van der Waals surface area contributed by atoms with E-state index in [1.807, 2.05) is 0 Å². The molecule has 2 radical (unpaired) electrons. The average Bonchev–Trinajstić information content (AvgIpc) is 0. The predicted octanol–water partition coefficient (Wildman–Crippen LogP) is -0.0125. The van der Waals surface area contributed by atoms with Crippen LogP contribution in [0.4, 0.5) is 0 Å². The van der Waals surface area contributed by atoms with E-state index in [0.717, 1.165) is 0 Å². The first-order valence-electron chi connectivity index (χ1n) is 0. The van der Waals surface area contributed by atoms with Crippen LogP contribution in [0.1, 0.15) is 0 Å². The van der Waals surface area contributed by atoms with Crippen molar-refractivity contribution >= 4 is 0 Å². The second-order valence-electron chi connectivity index (χ2n) is 0. The predicted molar refractivity (Wildman–Crippen MR) is 0 cm³/mol. The van der Waals surface area contributed by atoms with Crippen LogP contribution in [0.15, 0.2) is 0 Å². The molecule has 5 heavy (non-hydrogen) atoms. The van der Waals surface area contributed by atoms with Gasteiger partial charge in [0.2, 0.25) is 0 Å². The van der Waals surface area contributed by atoms with E-state index in [0.29, 0.717) is 0 Å². The van der Waals surface area contributed by atoms with Gasteiger partial charge in [-0.15, -0.1) is 0 Å². The molecule has 0 saturated carbocycles. The van der Waals surface area contributed by atoms with Gasteiger partial charge < -0.3 is 0 Å². The van der Waals surface area contributed by atoms with Gasteiger partial charge in [-0.25, -0.2) is 0 Å². The minimum atomic E-state index is 0. The Hall–Kier alpha value is 2.51. The summed E-state index contributed by atoms with van der Waals surface area (Å²) < 4.78 is 0. The largest absolute Gasteiger partial charge is 0 e. The number of hydrogen-bond donors (Lipinski definition) is 0. The summed E-state index contributed by atoms with van der Waals surface area (Å²) in [6.45, 7) is 0. The Kier molecular flexibility index (Phi) is 318. The van der Waals surface area contributed by atoms with Crippen molar-refractivity contribution in [3.8, 4) is 0 Å². The molecule has 0 aliphatic heterocycles. The van der Waals surface area contributed by atoms with Crippen LogP contribution in [0.5, 0.6) is 0 Å². The van der Waals surface area contributed by atoms with Crippen molar-refractivity contribution in [3.63, 3.8) is 0 Å². The summed E-state index contributed by atoms with van der Waals surface area (Å²) in [5.74, 6) is 0. The first-order chi connectivity index (χ1) is 0. The molecule has 0 atom stereocenters. The van der Waals surface area contributed by atoms with Crippen molar-refractivity contribution in [1.29, 1.82) is 0 Å². The molecule has 0 unspecified atom stereocenters. The van der Waals surface area contributed by atoms with Gasteiger partial charge in [-0.3, -0.25) is 0 Å². The minimum Gasteiger partial charge on any atom is 0 e. The van der Waals surface area contributed by atoms with E-state index in [9.17, 15) is 0 Å². The van der Waals surface area contributed by atoms with Gasteiger partial charge >= 0.3 is 0 Å². The summed E-state index contributed by atoms with van der Waals surface area (Å²) in [5.41, 5.74) is 0. The van der Waals surface area contributed by atoms with Gasteiger partial charge in [0.1, 0.15) is 0 Å². The first kappa shape index (κ1) is 50.6. The summed E-state index contributed by atoms with van der Waals surface area (Å²) in [5, 5.41) is 0. The Morgan fingerprint density at radius 1 is 0.600 bits per heavy atom. The maximum atomic E-state index is 0. The summed E-state index contributed by atoms with van der Waals surface area (Å²) in [7, 11) is 0. The smallest absolute Gasteiger partial charge is 0 e. The molecule has 0 aromatic rings. The topological polar surface area (TPSA) is 0 Å². The SMILES string of the molecule is [Co].[Cu].[Ni].[Ni].[Ni]. The van der Waals surface area contributed by atoms with E-state index in [4.69, 9.17) is 0 Å². The molecule has 0 fully saturated rings. The van der Waals surface area contributed by atoms with E-state index in [1.54, 1.807) is 0 Å². The van der Waals surface area contributed by atoms with E-state index in [2.05, 4.69) is 0 Å². The molecular formula is CoCuNi3. The molecule has 0 aromatic carbocycles. The molecule has 0 heterocycles. The molecule has 50 valence electrons. The van der Waals surface area contributed by atoms with Gasteiger partial charge in [0.25, 0.3) is 0 Å². The summed E-state index contributed by atoms with van der Waals surface area (Å²) in [6.07, 6.45) is 0. The zero-order valence-electron chi connectivity index (χ0n) is 1.58. The van der Waals surface area contributed by atoms with Gasteiger partial charge in [-0.1, -0.05) is 0 Å². The zero-order valence-corrected chi connectivity index (χ0v) is 6.53. The summed E-state index contributed by atoms with van der Waals surface area (Å²) in [4.78, 5) is 0. The third-order valence-electron chi connectivity index (χ3n) is 0. The molecule has 0 N–H and O–H groups in total. The van der Waals surface area contributed by atoms with Gasteiger partial charge in [0.15, 0.2) is 0 Å². The third-order valence-corrected chi connectivity index (χ3v) is 0. The van der Waals surface area contributed by atoms with E-state index in [-0.39, 0.29) is 83.3 Å². The Bertz CT molecular complexity index is 6.85. The van der Waals surface area contributed by atoms with Crippen molar-refractivity contribution in [2.75, 3.05) is 0 Å². The molecule has 0 aromatic heterocycles. The Balaban J connectivity index is 0. The minimum absolute atomic E-state index is 0. The van der Waals surface area contributed by atoms with Crippen molar-refractivity contribution < 1.29 is 83.3 Å². The fraction of sp³-hybridized carbons (Fsp3) is 0. The van der Waals surface area contributed by atoms with Crippen LogP contribution in [-0.2, 0) is 83.3 Å². The Labute approximate surface area is 82.4 Å². The first-order valence-corrected chi connectivity index (χ1v) is 0. The molecule has 0 aliphatic carbocycles. The van der Waals surface area contributed by atoms with E-state index in [1.165, 1.54) is 0 Å². The standard InChI is InChI=1S/Co.Cu.3Ni. The fourth-order valence-corrected chi connectivity index (χ4v) is 0. The molecule has 0 nitrogen and oxygen atoms in total. The average molecular weight is 299 g/mol. The maximum Gasteiger partial charge on any atom is 0 e. The van der Waals surface area contributed by atoms with E-state index >= 15 is 0 Å². The normalized spacial score (nSPS) is 0. The molecule has 0 rings (SSSR count). The van der Waals surface area contributed by atoms with Crippen molar-refractivity contribution in [2.24, 2.45) is 0 Å². The Morgan fingerprint density at radius 3 is 0.600 bits per heavy atom. The summed E-state index contributed by atoms with van der Waals surface area (Å²) >= 11 is 0. The second kappa shape index (κ2) is 31.4. The molecule has 0 saturated heterocycles. The fourth-order valence-electron chi connectivity index (χ4n) is 0. The van der Waals surface area contributed by atoms with Crippen molar-refractivity contribution in [2.45, 2.75) is 0 Å². The van der Waals surface area contributed by atoms with Crippen LogP contribution in [0.25, 0.3) is 0 Å². The van der Waals surface area contributed by atoms with Gasteiger partial charge in [-0.05, 0) is 0 Å². The molecule has 0 amide bonds. The molecular weight excluding hydrogens is 299 g/mol. The van der Waals surface area contributed by atoms with Crippen LogP contribution in [0.3, 0.4) is 0 Å². The third kappa shape index (κ3) is 21.0. The maximum absolute atomic E-state index is 0. The van der Waals surface area contributed by atoms with Gasteiger partial charge in [0, 0.05) is 83.3 Å². The molecule has 0 bridgehead atoms. The van der Waals surface area contributed by atoms with Crippen molar-refractivity contribution in [1.82, 2.24) is 0 Å². The number of hydrogen-bond acceptors (Lipinski definition) is 0. The molecule has 0 spiro atoms. The van der Waals surface area contributed by atoms with Crippen LogP contribution in [0.2, 0.25) is 0 Å². The molecule has 5 heteroatoms. The van der Waals surface area contributed by atoms with Gasteiger partial charge in [-0.2, -0.15) is 0 Å². The van der Waals surface area contributed by atoms with Crippen LogP contribution < -0.4 is 0 Å². The zero-order chi connectivity index (χ0) is 0.